The van der Waals surface area contributed by atoms with Gasteiger partial charge in [0.05, 0.1) is 12.1 Å². The third-order valence-corrected chi connectivity index (χ3v) is 4.41. The highest BCUT2D eigenvalue weighted by molar-refractivity contribution is 5.84. The van der Waals surface area contributed by atoms with E-state index in [0.29, 0.717) is 0 Å². The average Bonchev–Trinajstić information content (AvgIpc) is 2.90. The molecule has 1 saturated carbocycles. The molecule has 2 N–H and O–H groups in total. The molecule has 1 aliphatic rings. The topological polar surface area (TPSA) is 52.6 Å². The van der Waals surface area contributed by atoms with Crippen molar-refractivity contribution in [3.63, 3.8) is 0 Å². The summed E-state index contributed by atoms with van der Waals surface area (Å²) in [4.78, 5) is 14.6. The lowest BCUT2D eigenvalue weighted by Gasteiger charge is -2.32. The summed E-state index contributed by atoms with van der Waals surface area (Å²) in [5.41, 5.74) is 1.74. The van der Waals surface area contributed by atoms with Gasteiger partial charge in [-0.3, -0.25) is 9.69 Å². The Hall–Kier alpha value is -1.39. The lowest BCUT2D eigenvalue weighted by atomic mass is 9.96. The van der Waals surface area contributed by atoms with Crippen molar-refractivity contribution in [2.24, 2.45) is 0 Å². The zero-order valence-corrected chi connectivity index (χ0v) is 13.2. The molecule has 0 radical (unpaired) electrons. The SMILES string of the molecule is Cc1ccc(C(C(=O)NC2(CO)CCCC2)N(C)C)cc1. The molecule has 1 amide bonds. The van der Waals surface area contributed by atoms with E-state index in [9.17, 15) is 9.90 Å². The first-order valence-electron chi connectivity index (χ1n) is 7.63. The number of carbonyl (C=O) groups excluding carboxylic acids is 1. The standard InChI is InChI=1S/C17H26N2O2/c1-13-6-8-14(9-7-13)15(19(2)3)16(21)18-17(12-20)10-4-5-11-17/h6-9,15,20H,4-5,10-12H2,1-3H3,(H,18,21). The first-order chi connectivity index (χ1) is 9.97. The Balaban J connectivity index is 2.18. The molecule has 4 heteroatoms. The number of aliphatic hydroxyl groups excluding tert-OH is 1. The van der Waals surface area contributed by atoms with E-state index in [2.05, 4.69) is 5.32 Å². The molecule has 0 heterocycles. The Morgan fingerprint density at radius 3 is 2.33 bits per heavy atom. The van der Waals surface area contributed by atoms with Crippen LogP contribution >= 0.6 is 0 Å². The van der Waals surface area contributed by atoms with Crippen molar-refractivity contribution in [2.45, 2.75) is 44.2 Å². The third-order valence-electron chi connectivity index (χ3n) is 4.41. The Labute approximate surface area is 127 Å². The number of rotatable bonds is 5. The smallest absolute Gasteiger partial charge is 0.242 e. The van der Waals surface area contributed by atoms with Crippen LogP contribution in [0.3, 0.4) is 0 Å². The highest BCUT2D eigenvalue weighted by Crippen LogP contribution is 2.30. The van der Waals surface area contributed by atoms with Gasteiger partial charge < -0.3 is 10.4 Å². The summed E-state index contributed by atoms with van der Waals surface area (Å²) >= 11 is 0. The van der Waals surface area contributed by atoms with Crippen LogP contribution < -0.4 is 5.32 Å². The summed E-state index contributed by atoms with van der Waals surface area (Å²) < 4.78 is 0. The van der Waals surface area contributed by atoms with Crippen LogP contribution in [0.4, 0.5) is 0 Å². The quantitative estimate of drug-likeness (QED) is 0.872. The van der Waals surface area contributed by atoms with E-state index in [1.54, 1.807) is 0 Å². The van der Waals surface area contributed by atoms with Crippen LogP contribution in [0.2, 0.25) is 0 Å². The van der Waals surface area contributed by atoms with E-state index in [4.69, 9.17) is 0 Å². The number of hydrogen-bond donors (Lipinski definition) is 2. The number of nitrogens with zero attached hydrogens (tertiary/aromatic N) is 1. The number of benzene rings is 1. The molecule has 0 aromatic heterocycles. The van der Waals surface area contributed by atoms with E-state index in [1.165, 1.54) is 5.56 Å². The highest BCUT2D eigenvalue weighted by Gasteiger charge is 2.37. The second-order valence-corrected chi connectivity index (χ2v) is 6.41. The van der Waals surface area contributed by atoms with Crippen molar-refractivity contribution in [2.75, 3.05) is 20.7 Å². The normalized spacial score (nSPS) is 18.7. The molecule has 1 aromatic rings. The van der Waals surface area contributed by atoms with Gasteiger partial charge in [-0.2, -0.15) is 0 Å². The summed E-state index contributed by atoms with van der Waals surface area (Å²) in [5.74, 6) is -0.0280. The van der Waals surface area contributed by atoms with Gasteiger partial charge in [0.2, 0.25) is 5.91 Å². The minimum Gasteiger partial charge on any atom is -0.394 e. The maximum absolute atomic E-state index is 12.7. The monoisotopic (exact) mass is 290 g/mol. The highest BCUT2D eigenvalue weighted by atomic mass is 16.3. The first-order valence-corrected chi connectivity index (χ1v) is 7.63. The van der Waals surface area contributed by atoms with Gasteiger partial charge in [-0.25, -0.2) is 0 Å². The van der Waals surface area contributed by atoms with E-state index in [1.807, 2.05) is 50.2 Å². The Kier molecular flexibility index (Phi) is 5.01. The number of aryl methyl sites for hydroxylation is 1. The second kappa shape index (κ2) is 6.58. The molecule has 0 spiro atoms. The average molecular weight is 290 g/mol. The zero-order valence-electron chi connectivity index (χ0n) is 13.2. The minimum atomic E-state index is -0.421. The van der Waals surface area contributed by atoms with Gasteiger partial charge in [0.15, 0.2) is 0 Å². The molecule has 21 heavy (non-hydrogen) atoms. The summed E-state index contributed by atoms with van der Waals surface area (Å²) in [7, 11) is 3.81. The maximum atomic E-state index is 12.7. The third kappa shape index (κ3) is 3.63. The second-order valence-electron chi connectivity index (χ2n) is 6.41. The Bertz CT molecular complexity index is 476. The fourth-order valence-electron chi connectivity index (χ4n) is 3.14. The molecule has 1 unspecified atom stereocenters. The molecule has 4 nitrogen and oxygen atoms in total. The Morgan fingerprint density at radius 2 is 1.86 bits per heavy atom. The minimum absolute atomic E-state index is 0.0206. The fraction of sp³-hybridized carbons (Fsp3) is 0.588. The molecule has 1 aromatic carbocycles. The molecule has 1 aliphatic carbocycles. The van der Waals surface area contributed by atoms with Crippen LogP contribution in [-0.4, -0.2) is 42.2 Å². The van der Waals surface area contributed by atoms with E-state index in [0.717, 1.165) is 31.2 Å². The van der Waals surface area contributed by atoms with E-state index in [-0.39, 0.29) is 18.6 Å². The zero-order chi connectivity index (χ0) is 15.5. The molecule has 0 bridgehead atoms. The van der Waals surface area contributed by atoms with Crippen molar-refractivity contribution in [3.8, 4) is 0 Å². The van der Waals surface area contributed by atoms with E-state index >= 15 is 0 Å². The predicted molar refractivity (Wildman–Crippen MR) is 84.0 cm³/mol. The van der Waals surface area contributed by atoms with Gasteiger partial charge in [0.1, 0.15) is 6.04 Å². The molecule has 2 rings (SSSR count). The van der Waals surface area contributed by atoms with Crippen LogP contribution in [0.25, 0.3) is 0 Å². The summed E-state index contributed by atoms with van der Waals surface area (Å²) in [6, 6.07) is 7.72. The molecular weight excluding hydrogens is 264 g/mol. The van der Waals surface area contributed by atoms with Crippen molar-refractivity contribution < 1.29 is 9.90 Å². The predicted octanol–water partition coefficient (Wildman–Crippen LogP) is 2.02. The number of aliphatic hydroxyl groups is 1. The summed E-state index contributed by atoms with van der Waals surface area (Å²) in [5, 5.41) is 12.8. The lowest BCUT2D eigenvalue weighted by Crippen LogP contribution is -2.52. The van der Waals surface area contributed by atoms with Gasteiger partial charge in [0, 0.05) is 0 Å². The number of likely N-dealkylation sites (N-methyl/N-ethyl adjacent to an activating group) is 1. The van der Waals surface area contributed by atoms with Gasteiger partial charge in [-0.1, -0.05) is 42.7 Å². The number of amides is 1. The van der Waals surface area contributed by atoms with Crippen LogP contribution in [0.1, 0.15) is 42.9 Å². The van der Waals surface area contributed by atoms with Gasteiger partial charge in [-0.15, -0.1) is 0 Å². The van der Waals surface area contributed by atoms with Gasteiger partial charge in [0.25, 0.3) is 0 Å². The number of nitrogens with one attached hydrogen (secondary N) is 1. The van der Waals surface area contributed by atoms with Crippen LogP contribution in [0.5, 0.6) is 0 Å². The van der Waals surface area contributed by atoms with Crippen LogP contribution in [0, 0.1) is 6.92 Å². The fourth-order valence-corrected chi connectivity index (χ4v) is 3.14. The van der Waals surface area contributed by atoms with E-state index < -0.39 is 5.54 Å². The largest absolute Gasteiger partial charge is 0.394 e. The number of carbonyl (C=O) groups is 1. The van der Waals surface area contributed by atoms with Crippen molar-refractivity contribution in [3.05, 3.63) is 35.4 Å². The Morgan fingerprint density at radius 1 is 1.29 bits per heavy atom. The van der Waals surface area contributed by atoms with Crippen LogP contribution in [-0.2, 0) is 4.79 Å². The van der Waals surface area contributed by atoms with Crippen molar-refractivity contribution >= 4 is 5.91 Å². The molecule has 1 atom stereocenters. The number of hydrogen-bond acceptors (Lipinski definition) is 3. The van der Waals surface area contributed by atoms with Crippen molar-refractivity contribution in [1.29, 1.82) is 0 Å². The summed E-state index contributed by atoms with van der Waals surface area (Å²) in [6.07, 6.45) is 3.86. The molecule has 0 aliphatic heterocycles. The van der Waals surface area contributed by atoms with Crippen molar-refractivity contribution in [1.82, 2.24) is 10.2 Å². The molecule has 1 fully saturated rings. The molecular formula is C17H26N2O2. The molecule has 116 valence electrons. The maximum Gasteiger partial charge on any atom is 0.242 e. The van der Waals surface area contributed by atoms with Gasteiger partial charge >= 0.3 is 0 Å². The van der Waals surface area contributed by atoms with Crippen LogP contribution in [0.15, 0.2) is 24.3 Å². The van der Waals surface area contributed by atoms with Gasteiger partial charge in [-0.05, 0) is 39.4 Å². The summed E-state index contributed by atoms with van der Waals surface area (Å²) in [6.45, 7) is 2.06. The first kappa shape index (κ1) is 16.0. The lowest BCUT2D eigenvalue weighted by molar-refractivity contribution is -0.128. The molecule has 0 saturated heterocycles.